The summed E-state index contributed by atoms with van der Waals surface area (Å²) < 4.78 is 2.79. The molecule has 1 N–H and O–H groups in total. The molecule has 5 nitrogen and oxygen atoms in total. The molecule has 1 fully saturated rings. The third-order valence-corrected chi connectivity index (χ3v) is 6.64. The SMILES string of the molecule is CC(CSc1ccccc1)C(=O)N1CCC(c2n[nH]c(=S)n2C(C)C)CC1. The Morgan fingerprint density at radius 1 is 1.26 bits per heavy atom. The molecule has 0 saturated carbocycles. The van der Waals surface area contributed by atoms with Crippen LogP contribution in [0.2, 0.25) is 0 Å². The molecular formula is C20H28N4OS2. The van der Waals surface area contributed by atoms with E-state index in [4.69, 9.17) is 12.2 Å². The van der Waals surface area contributed by atoms with E-state index in [2.05, 4.69) is 40.7 Å². The first-order valence-corrected chi connectivity index (χ1v) is 11.0. The van der Waals surface area contributed by atoms with Crippen LogP contribution < -0.4 is 0 Å². The van der Waals surface area contributed by atoms with Gasteiger partial charge in [0.25, 0.3) is 0 Å². The topological polar surface area (TPSA) is 53.9 Å². The van der Waals surface area contributed by atoms with Crippen LogP contribution in [-0.2, 0) is 4.79 Å². The standard InChI is InChI=1S/C20H28N4OS2/c1-14(2)24-18(21-22-20(24)26)16-9-11-23(12-10-16)19(25)15(3)13-27-17-7-5-4-6-8-17/h4-8,14-16H,9-13H2,1-3H3,(H,22,26). The molecule has 1 amide bonds. The van der Waals surface area contributed by atoms with Gasteiger partial charge in [-0.15, -0.1) is 11.8 Å². The van der Waals surface area contributed by atoms with Crippen molar-refractivity contribution < 1.29 is 4.79 Å². The number of carbonyl (C=O) groups is 1. The number of likely N-dealkylation sites (tertiary alicyclic amines) is 1. The molecule has 146 valence electrons. The molecule has 1 aliphatic rings. The summed E-state index contributed by atoms with van der Waals surface area (Å²) in [5.41, 5.74) is 0. The monoisotopic (exact) mass is 404 g/mol. The minimum absolute atomic E-state index is 0.0250. The van der Waals surface area contributed by atoms with Crippen LogP contribution in [0.1, 0.15) is 51.4 Å². The van der Waals surface area contributed by atoms with Crippen molar-refractivity contribution in [3.05, 3.63) is 40.9 Å². The Hall–Kier alpha value is -1.60. The van der Waals surface area contributed by atoms with Crippen LogP contribution in [0.15, 0.2) is 35.2 Å². The van der Waals surface area contributed by atoms with Gasteiger partial charge in [0.1, 0.15) is 5.82 Å². The number of amides is 1. The van der Waals surface area contributed by atoms with Crippen LogP contribution in [0.4, 0.5) is 0 Å². The van der Waals surface area contributed by atoms with E-state index < -0.39 is 0 Å². The summed E-state index contributed by atoms with van der Waals surface area (Å²) in [4.78, 5) is 16.0. The Morgan fingerprint density at radius 2 is 1.93 bits per heavy atom. The second kappa shape index (κ2) is 9.06. The molecule has 1 unspecified atom stereocenters. The van der Waals surface area contributed by atoms with E-state index in [1.165, 1.54) is 4.90 Å². The van der Waals surface area contributed by atoms with E-state index in [9.17, 15) is 4.79 Å². The third-order valence-electron chi connectivity index (χ3n) is 5.08. The van der Waals surface area contributed by atoms with E-state index in [0.717, 1.165) is 37.5 Å². The number of piperidine rings is 1. The molecule has 0 bridgehead atoms. The molecule has 27 heavy (non-hydrogen) atoms. The van der Waals surface area contributed by atoms with Crippen molar-refractivity contribution >= 4 is 29.9 Å². The Kier molecular flexibility index (Phi) is 6.76. The average Bonchev–Trinajstić information content (AvgIpc) is 3.08. The number of H-pyrrole nitrogens is 1. The molecule has 1 aromatic heterocycles. The minimum Gasteiger partial charge on any atom is -0.342 e. The van der Waals surface area contributed by atoms with E-state index in [1.54, 1.807) is 11.8 Å². The van der Waals surface area contributed by atoms with Crippen molar-refractivity contribution in [3.63, 3.8) is 0 Å². The van der Waals surface area contributed by atoms with Gasteiger partial charge in [0.2, 0.25) is 5.91 Å². The van der Waals surface area contributed by atoms with Crippen molar-refractivity contribution in [1.29, 1.82) is 0 Å². The highest BCUT2D eigenvalue weighted by Gasteiger charge is 2.29. The number of aromatic nitrogens is 3. The number of nitrogens with zero attached hydrogens (tertiary/aromatic N) is 3. The number of hydrogen-bond acceptors (Lipinski definition) is 4. The molecule has 7 heteroatoms. The highest BCUT2D eigenvalue weighted by atomic mass is 32.2. The van der Waals surface area contributed by atoms with Crippen molar-refractivity contribution in [2.45, 2.75) is 50.5 Å². The van der Waals surface area contributed by atoms with Crippen LogP contribution in [0, 0.1) is 10.7 Å². The maximum atomic E-state index is 12.8. The van der Waals surface area contributed by atoms with Crippen molar-refractivity contribution in [3.8, 4) is 0 Å². The highest BCUT2D eigenvalue weighted by molar-refractivity contribution is 7.99. The van der Waals surface area contributed by atoms with Crippen LogP contribution in [0.3, 0.4) is 0 Å². The highest BCUT2D eigenvalue weighted by Crippen LogP contribution is 2.29. The Morgan fingerprint density at radius 3 is 2.56 bits per heavy atom. The molecule has 0 aliphatic carbocycles. The molecule has 2 aromatic rings. The third kappa shape index (κ3) is 4.82. The Balaban J connectivity index is 1.54. The lowest BCUT2D eigenvalue weighted by Crippen LogP contribution is -2.41. The Bertz CT molecular complexity index is 807. The lowest BCUT2D eigenvalue weighted by Gasteiger charge is -2.33. The van der Waals surface area contributed by atoms with Gasteiger partial charge in [0, 0.05) is 41.6 Å². The quantitative estimate of drug-likeness (QED) is 0.562. The molecule has 3 rings (SSSR count). The summed E-state index contributed by atoms with van der Waals surface area (Å²) >= 11 is 7.11. The first kappa shape index (κ1) is 20.1. The molecule has 1 atom stereocenters. The van der Waals surface area contributed by atoms with Gasteiger partial charge >= 0.3 is 0 Å². The fourth-order valence-electron chi connectivity index (χ4n) is 3.58. The van der Waals surface area contributed by atoms with Gasteiger partial charge in [0.15, 0.2) is 4.77 Å². The van der Waals surface area contributed by atoms with Crippen molar-refractivity contribution in [2.24, 2.45) is 5.92 Å². The smallest absolute Gasteiger partial charge is 0.226 e. The summed E-state index contributed by atoms with van der Waals surface area (Å²) in [6.07, 6.45) is 1.88. The second-order valence-corrected chi connectivity index (χ2v) is 8.96. The first-order valence-electron chi connectivity index (χ1n) is 9.60. The number of hydrogen-bond donors (Lipinski definition) is 1. The maximum absolute atomic E-state index is 12.8. The summed E-state index contributed by atoms with van der Waals surface area (Å²) in [6, 6.07) is 10.6. The van der Waals surface area contributed by atoms with Gasteiger partial charge in [-0.25, -0.2) is 0 Å². The van der Waals surface area contributed by atoms with E-state index in [1.807, 2.05) is 30.0 Å². The number of nitrogens with one attached hydrogen (secondary N) is 1. The van der Waals surface area contributed by atoms with Crippen LogP contribution in [0.25, 0.3) is 0 Å². The summed E-state index contributed by atoms with van der Waals surface area (Å²) in [7, 11) is 0. The fourth-order valence-corrected chi connectivity index (χ4v) is 4.87. The van der Waals surface area contributed by atoms with Gasteiger partial charge in [-0.1, -0.05) is 25.1 Å². The molecule has 1 aromatic carbocycles. The van der Waals surface area contributed by atoms with E-state index in [0.29, 0.717) is 16.7 Å². The summed E-state index contributed by atoms with van der Waals surface area (Å²) in [6.45, 7) is 7.87. The van der Waals surface area contributed by atoms with E-state index >= 15 is 0 Å². The lowest BCUT2D eigenvalue weighted by atomic mass is 9.95. The number of benzene rings is 1. The van der Waals surface area contributed by atoms with Crippen molar-refractivity contribution in [2.75, 3.05) is 18.8 Å². The van der Waals surface area contributed by atoms with Gasteiger partial charge in [-0.3, -0.25) is 9.89 Å². The molecule has 0 spiro atoms. The number of thioether (sulfide) groups is 1. The zero-order valence-corrected chi connectivity index (χ0v) is 17.9. The molecular weight excluding hydrogens is 376 g/mol. The predicted octanol–water partition coefficient (Wildman–Crippen LogP) is 4.66. The molecule has 2 heterocycles. The van der Waals surface area contributed by atoms with Crippen LogP contribution in [0.5, 0.6) is 0 Å². The zero-order valence-electron chi connectivity index (χ0n) is 16.2. The lowest BCUT2D eigenvalue weighted by molar-refractivity contribution is -0.135. The van der Waals surface area contributed by atoms with Crippen LogP contribution in [-0.4, -0.2) is 44.4 Å². The number of carbonyl (C=O) groups excluding carboxylic acids is 1. The molecule has 1 saturated heterocycles. The van der Waals surface area contributed by atoms with E-state index in [-0.39, 0.29) is 11.8 Å². The number of aromatic amines is 1. The van der Waals surface area contributed by atoms with Gasteiger partial charge < -0.3 is 9.47 Å². The second-order valence-electron chi connectivity index (χ2n) is 7.48. The molecule has 0 radical (unpaired) electrons. The fraction of sp³-hybridized carbons (Fsp3) is 0.550. The average molecular weight is 405 g/mol. The minimum atomic E-state index is 0.0250. The van der Waals surface area contributed by atoms with Gasteiger partial charge in [-0.2, -0.15) is 5.10 Å². The zero-order chi connectivity index (χ0) is 19.4. The van der Waals surface area contributed by atoms with Gasteiger partial charge in [-0.05, 0) is 51.0 Å². The summed E-state index contributed by atoms with van der Waals surface area (Å²) in [5, 5.41) is 7.40. The maximum Gasteiger partial charge on any atom is 0.226 e. The molecule has 1 aliphatic heterocycles. The van der Waals surface area contributed by atoms with Crippen LogP contribution >= 0.6 is 24.0 Å². The largest absolute Gasteiger partial charge is 0.342 e. The first-order chi connectivity index (χ1) is 13.0. The van der Waals surface area contributed by atoms with Gasteiger partial charge in [0.05, 0.1) is 0 Å². The summed E-state index contributed by atoms with van der Waals surface area (Å²) in [5.74, 6) is 2.50. The normalized spacial score (nSPS) is 16.7. The van der Waals surface area contributed by atoms with Crippen molar-refractivity contribution in [1.82, 2.24) is 19.7 Å². The number of rotatable bonds is 6. The Labute approximate surface area is 170 Å². The predicted molar refractivity (Wildman–Crippen MR) is 113 cm³/mol.